The summed E-state index contributed by atoms with van der Waals surface area (Å²) in [4.78, 5) is 42.8. The van der Waals surface area contributed by atoms with E-state index in [-0.39, 0.29) is 18.2 Å². The van der Waals surface area contributed by atoms with Gasteiger partial charge in [-0.05, 0) is 36.2 Å². The number of imide groups is 1. The van der Waals surface area contributed by atoms with Crippen LogP contribution >= 0.6 is 11.6 Å². The number of hydrogen-bond donors (Lipinski definition) is 1. The highest BCUT2D eigenvalue weighted by molar-refractivity contribution is 6.30. The monoisotopic (exact) mass is 434 g/mol. The van der Waals surface area contributed by atoms with Crippen LogP contribution in [0.3, 0.4) is 0 Å². The third-order valence-corrected chi connectivity index (χ3v) is 6.07. The lowest BCUT2D eigenvalue weighted by atomic mass is 10.0. The van der Waals surface area contributed by atoms with Crippen LogP contribution in [0, 0.1) is 0 Å². The van der Waals surface area contributed by atoms with Crippen LogP contribution in [0.2, 0.25) is 5.02 Å². The van der Waals surface area contributed by atoms with E-state index in [4.69, 9.17) is 11.6 Å². The zero-order valence-electron chi connectivity index (χ0n) is 16.8. The molecule has 1 N–H and O–H groups in total. The highest BCUT2D eigenvalue weighted by Gasteiger charge is 2.39. The SMILES string of the molecule is Cn1cnc(-c2ccc3c(c2)CN(C2CCC(=O)NC2=O)C3=O)c1-c1cccc(Cl)c1. The number of amides is 3. The fourth-order valence-electron chi connectivity index (χ4n) is 4.34. The number of imidazole rings is 1. The molecule has 2 aliphatic heterocycles. The van der Waals surface area contributed by atoms with E-state index in [1.54, 1.807) is 17.3 Å². The van der Waals surface area contributed by atoms with Gasteiger partial charge >= 0.3 is 0 Å². The molecule has 0 bridgehead atoms. The summed E-state index contributed by atoms with van der Waals surface area (Å²) in [5.74, 6) is -0.894. The van der Waals surface area contributed by atoms with Crippen molar-refractivity contribution >= 4 is 29.3 Å². The van der Waals surface area contributed by atoms with E-state index in [0.717, 1.165) is 28.1 Å². The number of rotatable bonds is 3. The summed E-state index contributed by atoms with van der Waals surface area (Å²) in [6, 6.07) is 12.6. The Hall–Kier alpha value is -3.45. The standard InChI is InChI=1S/C23H19ClN4O3/c1-27-12-25-20(21(27)14-3-2-4-16(24)10-14)13-5-6-17-15(9-13)11-28(23(17)31)18-7-8-19(29)26-22(18)30/h2-6,9-10,12,18H,7-8,11H2,1H3,(H,26,29,30). The predicted octanol–water partition coefficient (Wildman–Crippen LogP) is 3.17. The first-order chi connectivity index (χ1) is 14.9. The molecule has 3 aromatic rings. The summed E-state index contributed by atoms with van der Waals surface area (Å²) in [5, 5.41) is 2.97. The van der Waals surface area contributed by atoms with E-state index in [1.165, 1.54) is 0 Å². The van der Waals surface area contributed by atoms with Crippen LogP contribution in [0.15, 0.2) is 48.8 Å². The molecule has 1 saturated heterocycles. The highest BCUT2D eigenvalue weighted by atomic mass is 35.5. The number of fused-ring (bicyclic) bond motifs is 1. The average Bonchev–Trinajstić information content (AvgIpc) is 3.28. The van der Waals surface area contributed by atoms with Crippen LogP contribution in [0.5, 0.6) is 0 Å². The minimum absolute atomic E-state index is 0.188. The Morgan fingerprint density at radius 2 is 1.94 bits per heavy atom. The van der Waals surface area contributed by atoms with E-state index in [0.29, 0.717) is 23.6 Å². The molecule has 8 heteroatoms. The van der Waals surface area contributed by atoms with Crippen molar-refractivity contribution < 1.29 is 14.4 Å². The number of halogens is 1. The number of benzene rings is 2. The molecule has 3 amide bonds. The first-order valence-corrected chi connectivity index (χ1v) is 10.4. The lowest BCUT2D eigenvalue weighted by Gasteiger charge is -2.29. The van der Waals surface area contributed by atoms with Crippen molar-refractivity contribution in [3.63, 3.8) is 0 Å². The third kappa shape index (κ3) is 3.31. The second-order valence-corrected chi connectivity index (χ2v) is 8.27. The lowest BCUT2D eigenvalue weighted by Crippen LogP contribution is -2.52. The van der Waals surface area contributed by atoms with Crippen molar-refractivity contribution in [3.05, 3.63) is 64.9 Å². The van der Waals surface area contributed by atoms with Crippen molar-refractivity contribution in [2.45, 2.75) is 25.4 Å². The number of aryl methyl sites for hydroxylation is 1. The van der Waals surface area contributed by atoms with Crippen molar-refractivity contribution in [1.29, 1.82) is 0 Å². The van der Waals surface area contributed by atoms with E-state index in [2.05, 4.69) is 10.3 Å². The molecule has 31 heavy (non-hydrogen) atoms. The van der Waals surface area contributed by atoms with Crippen LogP contribution < -0.4 is 5.32 Å². The smallest absolute Gasteiger partial charge is 0.255 e. The first kappa shape index (κ1) is 19.5. The lowest BCUT2D eigenvalue weighted by molar-refractivity contribution is -0.136. The fraction of sp³-hybridized carbons (Fsp3) is 0.217. The van der Waals surface area contributed by atoms with Gasteiger partial charge in [0.25, 0.3) is 5.91 Å². The summed E-state index contributed by atoms with van der Waals surface area (Å²) in [5.41, 5.74) is 4.97. The quantitative estimate of drug-likeness (QED) is 0.642. The summed E-state index contributed by atoms with van der Waals surface area (Å²) in [6.07, 6.45) is 2.33. The fourth-order valence-corrected chi connectivity index (χ4v) is 4.53. The normalized spacial score (nSPS) is 18.3. The molecule has 1 aromatic heterocycles. The number of nitrogens with zero attached hydrogens (tertiary/aromatic N) is 3. The van der Waals surface area contributed by atoms with Gasteiger partial charge in [0.05, 0.1) is 17.7 Å². The van der Waals surface area contributed by atoms with Crippen LogP contribution in [-0.4, -0.2) is 38.2 Å². The van der Waals surface area contributed by atoms with Crippen LogP contribution in [-0.2, 0) is 23.2 Å². The number of carbonyl (C=O) groups is 3. The van der Waals surface area contributed by atoms with Crippen LogP contribution in [0.4, 0.5) is 0 Å². The maximum absolute atomic E-state index is 12.9. The van der Waals surface area contributed by atoms with Gasteiger partial charge in [-0.2, -0.15) is 0 Å². The predicted molar refractivity (Wildman–Crippen MR) is 115 cm³/mol. The van der Waals surface area contributed by atoms with Gasteiger partial charge in [0.15, 0.2) is 0 Å². The number of hydrogen-bond acceptors (Lipinski definition) is 4. The molecule has 0 spiro atoms. The van der Waals surface area contributed by atoms with Crippen LogP contribution in [0.25, 0.3) is 22.5 Å². The number of carbonyl (C=O) groups excluding carboxylic acids is 3. The molecule has 1 fully saturated rings. The highest BCUT2D eigenvalue weighted by Crippen LogP contribution is 2.35. The zero-order valence-corrected chi connectivity index (χ0v) is 17.5. The Morgan fingerprint density at radius 1 is 1.10 bits per heavy atom. The molecule has 0 radical (unpaired) electrons. The molecule has 1 atom stereocenters. The average molecular weight is 435 g/mol. The molecule has 5 rings (SSSR count). The minimum atomic E-state index is -0.627. The second-order valence-electron chi connectivity index (χ2n) is 7.83. The number of aromatic nitrogens is 2. The minimum Gasteiger partial charge on any atom is -0.333 e. The molecule has 7 nitrogen and oxygen atoms in total. The molecule has 1 unspecified atom stereocenters. The van der Waals surface area contributed by atoms with Gasteiger partial charge in [-0.3, -0.25) is 19.7 Å². The van der Waals surface area contributed by atoms with Gasteiger partial charge in [0.1, 0.15) is 6.04 Å². The Balaban J connectivity index is 1.50. The summed E-state index contributed by atoms with van der Waals surface area (Å²) >= 11 is 6.19. The Labute approximate surface area is 183 Å². The molecule has 0 saturated carbocycles. The maximum Gasteiger partial charge on any atom is 0.255 e. The summed E-state index contributed by atoms with van der Waals surface area (Å²) < 4.78 is 1.94. The molecule has 3 heterocycles. The Kier molecular flexibility index (Phi) is 4.63. The maximum atomic E-state index is 12.9. The van der Waals surface area contributed by atoms with Gasteiger partial charge in [0, 0.05) is 41.7 Å². The summed E-state index contributed by atoms with van der Waals surface area (Å²) in [7, 11) is 1.92. The largest absolute Gasteiger partial charge is 0.333 e. The van der Waals surface area contributed by atoms with E-state index in [9.17, 15) is 14.4 Å². The molecule has 2 aliphatic rings. The van der Waals surface area contributed by atoms with Crippen molar-refractivity contribution in [3.8, 4) is 22.5 Å². The Morgan fingerprint density at radius 3 is 2.71 bits per heavy atom. The van der Waals surface area contributed by atoms with Crippen molar-refractivity contribution in [2.75, 3.05) is 0 Å². The molecular formula is C23H19ClN4O3. The van der Waals surface area contributed by atoms with Gasteiger partial charge in [-0.1, -0.05) is 29.8 Å². The topological polar surface area (TPSA) is 84.3 Å². The van der Waals surface area contributed by atoms with Crippen molar-refractivity contribution in [2.24, 2.45) is 7.05 Å². The molecule has 0 aliphatic carbocycles. The van der Waals surface area contributed by atoms with Crippen LogP contribution in [0.1, 0.15) is 28.8 Å². The van der Waals surface area contributed by atoms with Crippen molar-refractivity contribution in [1.82, 2.24) is 19.8 Å². The van der Waals surface area contributed by atoms with Gasteiger partial charge in [-0.25, -0.2) is 4.98 Å². The molecule has 2 aromatic carbocycles. The van der Waals surface area contributed by atoms with E-state index in [1.807, 2.05) is 48.0 Å². The number of nitrogens with one attached hydrogen (secondary N) is 1. The summed E-state index contributed by atoms with van der Waals surface area (Å²) in [6.45, 7) is 0.327. The van der Waals surface area contributed by atoms with Gasteiger partial charge in [0.2, 0.25) is 11.8 Å². The van der Waals surface area contributed by atoms with E-state index < -0.39 is 11.9 Å². The molecule has 156 valence electrons. The second kappa shape index (κ2) is 7.35. The van der Waals surface area contributed by atoms with Gasteiger partial charge < -0.3 is 9.47 Å². The Bertz CT molecular complexity index is 1250. The van der Waals surface area contributed by atoms with Gasteiger partial charge in [-0.15, -0.1) is 0 Å². The van der Waals surface area contributed by atoms with E-state index >= 15 is 0 Å². The molecular weight excluding hydrogens is 416 g/mol. The zero-order chi connectivity index (χ0) is 21.7. The third-order valence-electron chi connectivity index (χ3n) is 5.83. The first-order valence-electron chi connectivity index (χ1n) is 9.97. The number of piperidine rings is 1.